The Kier molecular flexibility index (Phi) is 4.62. The molecular weight excluding hydrogens is 175 g/mol. The second-order valence-electron chi connectivity index (χ2n) is 3.39. The molecule has 13 heavy (non-hydrogen) atoms. The highest BCUT2D eigenvalue weighted by molar-refractivity contribution is 4.71. The van der Waals surface area contributed by atoms with E-state index < -0.39 is 13.0 Å². The standard InChI is InChI=1S/C9H17FO3/c1-12-9(6-10)13-8-4-2-7(11)3-5-8/h7-9,11H,2-6H2,1H3. The largest absolute Gasteiger partial charge is 0.393 e. The van der Waals surface area contributed by atoms with Crippen molar-refractivity contribution in [1.29, 1.82) is 0 Å². The zero-order chi connectivity index (χ0) is 9.68. The SMILES string of the molecule is COC(CF)OC1CCC(O)CC1. The first-order valence-electron chi connectivity index (χ1n) is 4.68. The lowest BCUT2D eigenvalue weighted by atomic mass is 9.95. The molecule has 1 unspecified atom stereocenters. The lowest BCUT2D eigenvalue weighted by molar-refractivity contribution is -0.173. The van der Waals surface area contributed by atoms with Crippen molar-refractivity contribution >= 4 is 0 Å². The van der Waals surface area contributed by atoms with Crippen molar-refractivity contribution in [3.05, 3.63) is 0 Å². The number of rotatable bonds is 4. The first-order chi connectivity index (χ1) is 6.26. The molecule has 1 rings (SSSR count). The topological polar surface area (TPSA) is 38.7 Å². The maximum absolute atomic E-state index is 12.2. The number of alkyl halides is 1. The third-order valence-electron chi connectivity index (χ3n) is 2.38. The molecule has 0 amide bonds. The molecule has 0 saturated heterocycles. The van der Waals surface area contributed by atoms with Gasteiger partial charge >= 0.3 is 0 Å². The molecule has 0 aromatic rings. The highest BCUT2D eigenvalue weighted by atomic mass is 19.1. The first kappa shape index (κ1) is 10.9. The Labute approximate surface area is 77.8 Å². The number of hydrogen-bond acceptors (Lipinski definition) is 3. The van der Waals surface area contributed by atoms with Crippen molar-refractivity contribution in [3.63, 3.8) is 0 Å². The van der Waals surface area contributed by atoms with E-state index in [9.17, 15) is 9.50 Å². The fourth-order valence-corrected chi connectivity index (χ4v) is 1.55. The normalized spacial score (nSPS) is 31.6. The van der Waals surface area contributed by atoms with Gasteiger partial charge in [0.2, 0.25) is 0 Å². The second-order valence-corrected chi connectivity index (χ2v) is 3.39. The van der Waals surface area contributed by atoms with E-state index >= 15 is 0 Å². The van der Waals surface area contributed by atoms with E-state index in [-0.39, 0.29) is 12.2 Å². The highest BCUT2D eigenvalue weighted by Crippen LogP contribution is 2.22. The lowest BCUT2D eigenvalue weighted by Crippen LogP contribution is -2.30. The third kappa shape index (κ3) is 3.58. The smallest absolute Gasteiger partial charge is 0.185 e. The Balaban J connectivity index is 2.21. The summed E-state index contributed by atoms with van der Waals surface area (Å²) in [6, 6.07) is 0. The molecule has 0 bridgehead atoms. The summed E-state index contributed by atoms with van der Waals surface area (Å²) in [5.74, 6) is 0. The minimum atomic E-state index is -0.736. The molecule has 1 N–H and O–H groups in total. The van der Waals surface area contributed by atoms with E-state index in [1.165, 1.54) is 7.11 Å². The molecule has 1 atom stereocenters. The molecule has 1 saturated carbocycles. The van der Waals surface area contributed by atoms with E-state index in [4.69, 9.17) is 9.47 Å². The van der Waals surface area contributed by atoms with Crippen LogP contribution in [0, 0.1) is 0 Å². The molecule has 3 nitrogen and oxygen atoms in total. The molecule has 0 aliphatic heterocycles. The van der Waals surface area contributed by atoms with Crippen molar-refractivity contribution in [2.45, 2.75) is 44.2 Å². The van der Waals surface area contributed by atoms with E-state index in [2.05, 4.69) is 0 Å². The molecule has 1 aliphatic carbocycles. The maximum atomic E-state index is 12.2. The van der Waals surface area contributed by atoms with Gasteiger partial charge in [-0.3, -0.25) is 0 Å². The summed E-state index contributed by atoms with van der Waals surface area (Å²) in [5.41, 5.74) is 0. The van der Waals surface area contributed by atoms with Crippen LogP contribution in [-0.2, 0) is 9.47 Å². The van der Waals surface area contributed by atoms with Crippen molar-refractivity contribution in [3.8, 4) is 0 Å². The van der Waals surface area contributed by atoms with Crippen molar-refractivity contribution in [1.82, 2.24) is 0 Å². The van der Waals surface area contributed by atoms with Crippen LogP contribution in [0.4, 0.5) is 4.39 Å². The molecule has 1 aliphatic rings. The summed E-state index contributed by atoms with van der Waals surface area (Å²) in [5, 5.41) is 9.21. The van der Waals surface area contributed by atoms with Gasteiger partial charge in [-0.1, -0.05) is 0 Å². The van der Waals surface area contributed by atoms with Gasteiger partial charge in [-0.15, -0.1) is 0 Å². The summed E-state index contributed by atoms with van der Waals surface area (Å²) in [4.78, 5) is 0. The van der Waals surface area contributed by atoms with E-state index in [0.717, 1.165) is 25.7 Å². The number of halogens is 1. The number of ether oxygens (including phenoxy) is 2. The molecule has 0 aromatic heterocycles. The van der Waals surface area contributed by atoms with Crippen LogP contribution in [0.25, 0.3) is 0 Å². The molecule has 0 heterocycles. The zero-order valence-electron chi connectivity index (χ0n) is 7.91. The fourth-order valence-electron chi connectivity index (χ4n) is 1.55. The summed E-state index contributed by atoms with van der Waals surface area (Å²) in [6.45, 7) is -0.616. The number of hydrogen-bond donors (Lipinski definition) is 1. The van der Waals surface area contributed by atoms with Crippen LogP contribution in [0.2, 0.25) is 0 Å². The minimum Gasteiger partial charge on any atom is -0.393 e. The minimum absolute atomic E-state index is 0.0455. The maximum Gasteiger partial charge on any atom is 0.185 e. The molecule has 1 fully saturated rings. The summed E-state index contributed by atoms with van der Waals surface area (Å²) < 4.78 is 22.3. The number of aliphatic hydroxyl groups is 1. The third-order valence-corrected chi connectivity index (χ3v) is 2.38. The summed E-state index contributed by atoms with van der Waals surface area (Å²) in [7, 11) is 1.43. The van der Waals surface area contributed by atoms with Gasteiger partial charge < -0.3 is 14.6 Å². The fraction of sp³-hybridized carbons (Fsp3) is 1.00. The Morgan fingerprint density at radius 3 is 2.46 bits per heavy atom. The van der Waals surface area contributed by atoms with Crippen molar-refractivity contribution < 1.29 is 19.0 Å². The van der Waals surface area contributed by atoms with Gasteiger partial charge in [-0.25, -0.2) is 4.39 Å². The van der Waals surface area contributed by atoms with Gasteiger partial charge in [-0.2, -0.15) is 0 Å². The van der Waals surface area contributed by atoms with Crippen LogP contribution in [0.3, 0.4) is 0 Å². The summed E-state index contributed by atoms with van der Waals surface area (Å²) in [6.07, 6.45) is 2.18. The van der Waals surface area contributed by atoms with Gasteiger partial charge in [-0.05, 0) is 25.7 Å². The van der Waals surface area contributed by atoms with Crippen LogP contribution in [-0.4, -0.2) is 37.4 Å². The van der Waals surface area contributed by atoms with Gasteiger partial charge in [0, 0.05) is 7.11 Å². The Morgan fingerprint density at radius 2 is 2.00 bits per heavy atom. The number of methoxy groups -OCH3 is 1. The van der Waals surface area contributed by atoms with E-state index in [0.29, 0.717) is 0 Å². The van der Waals surface area contributed by atoms with Crippen molar-refractivity contribution in [2.24, 2.45) is 0 Å². The Morgan fingerprint density at radius 1 is 1.38 bits per heavy atom. The summed E-state index contributed by atoms with van der Waals surface area (Å²) >= 11 is 0. The van der Waals surface area contributed by atoms with Crippen LogP contribution < -0.4 is 0 Å². The Hall–Kier alpha value is -0.190. The molecule has 0 radical (unpaired) electrons. The first-order valence-corrected chi connectivity index (χ1v) is 4.68. The van der Waals surface area contributed by atoms with Gasteiger partial charge in [0.05, 0.1) is 12.2 Å². The van der Waals surface area contributed by atoms with Gasteiger partial charge in [0.15, 0.2) is 6.29 Å². The quantitative estimate of drug-likeness (QED) is 0.681. The Bertz CT molecular complexity index is 131. The molecular formula is C9H17FO3. The average Bonchev–Trinajstić information content (AvgIpc) is 2.17. The molecule has 0 aromatic carbocycles. The second kappa shape index (κ2) is 5.52. The van der Waals surface area contributed by atoms with Crippen molar-refractivity contribution in [2.75, 3.05) is 13.8 Å². The van der Waals surface area contributed by atoms with Crippen LogP contribution in [0.5, 0.6) is 0 Å². The number of aliphatic hydroxyl groups excluding tert-OH is 1. The van der Waals surface area contributed by atoms with Crippen LogP contribution in [0.1, 0.15) is 25.7 Å². The lowest BCUT2D eigenvalue weighted by Gasteiger charge is -2.27. The molecule has 0 spiro atoms. The predicted octanol–water partition coefficient (Wildman–Crippen LogP) is 1.25. The highest BCUT2D eigenvalue weighted by Gasteiger charge is 2.22. The molecule has 78 valence electrons. The molecule has 4 heteroatoms. The predicted molar refractivity (Wildman–Crippen MR) is 46.1 cm³/mol. The van der Waals surface area contributed by atoms with Gasteiger partial charge in [0.1, 0.15) is 6.67 Å². The van der Waals surface area contributed by atoms with Crippen LogP contribution >= 0.6 is 0 Å². The van der Waals surface area contributed by atoms with Crippen LogP contribution in [0.15, 0.2) is 0 Å². The zero-order valence-corrected chi connectivity index (χ0v) is 7.91. The van der Waals surface area contributed by atoms with Gasteiger partial charge in [0.25, 0.3) is 0 Å². The van der Waals surface area contributed by atoms with E-state index in [1.807, 2.05) is 0 Å². The average molecular weight is 192 g/mol. The van der Waals surface area contributed by atoms with E-state index in [1.54, 1.807) is 0 Å². The monoisotopic (exact) mass is 192 g/mol.